The number of aryl methyl sites for hydroxylation is 1. The molecule has 2 heterocycles. The van der Waals surface area contributed by atoms with Crippen molar-refractivity contribution in [3.05, 3.63) is 58.4 Å². The van der Waals surface area contributed by atoms with Crippen LogP contribution in [0.2, 0.25) is 0 Å². The third-order valence-corrected chi connectivity index (χ3v) is 6.47. The highest BCUT2D eigenvalue weighted by atomic mass is 32.2. The number of esters is 1. The molecule has 3 rings (SSSR count). The monoisotopic (exact) mass is 462 g/mol. The van der Waals surface area contributed by atoms with E-state index in [-0.39, 0.29) is 10.6 Å². The highest BCUT2D eigenvalue weighted by molar-refractivity contribution is 7.89. The van der Waals surface area contributed by atoms with E-state index in [0.29, 0.717) is 18.2 Å². The van der Waals surface area contributed by atoms with Gasteiger partial charge in [0.2, 0.25) is 15.2 Å². The van der Waals surface area contributed by atoms with Gasteiger partial charge in [-0.25, -0.2) is 28.0 Å². The summed E-state index contributed by atoms with van der Waals surface area (Å²) in [5.74, 6) is -0.449. The molecule has 8 nitrogen and oxygen atoms in total. The highest BCUT2D eigenvalue weighted by Gasteiger charge is 2.16. The van der Waals surface area contributed by atoms with E-state index in [2.05, 4.69) is 11.9 Å². The lowest BCUT2D eigenvalue weighted by Crippen LogP contribution is -2.11. The van der Waals surface area contributed by atoms with Crippen LogP contribution in [0.3, 0.4) is 0 Å². The minimum Gasteiger partial charge on any atom is -0.461 e. The lowest BCUT2D eigenvalue weighted by Gasteiger charge is -2.04. The largest absolute Gasteiger partial charge is 0.461 e. The van der Waals surface area contributed by atoms with E-state index in [1.807, 2.05) is 6.20 Å². The van der Waals surface area contributed by atoms with Crippen molar-refractivity contribution in [3.63, 3.8) is 0 Å². The van der Waals surface area contributed by atoms with Gasteiger partial charge in [-0.3, -0.25) is 0 Å². The first-order chi connectivity index (χ1) is 14.8. The fourth-order valence-electron chi connectivity index (χ4n) is 3.13. The van der Waals surface area contributed by atoms with Crippen molar-refractivity contribution in [1.29, 1.82) is 0 Å². The molecule has 0 aliphatic carbocycles. The van der Waals surface area contributed by atoms with Crippen molar-refractivity contribution in [2.45, 2.75) is 50.8 Å². The smallest absolute Gasteiger partial charge is 0.357 e. The molecule has 1 aromatic carbocycles. The number of nitrogens with two attached hydrogens (primary N) is 1. The first kappa shape index (κ1) is 23.1. The summed E-state index contributed by atoms with van der Waals surface area (Å²) < 4.78 is 29.7. The number of rotatable bonds is 10. The molecule has 0 bridgehead atoms. The van der Waals surface area contributed by atoms with Crippen LogP contribution in [-0.2, 0) is 27.6 Å². The maximum Gasteiger partial charge on any atom is 0.357 e. The van der Waals surface area contributed by atoms with E-state index in [4.69, 9.17) is 15.0 Å². The van der Waals surface area contributed by atoms with E-state index in [1.165, 1.54) is 23.5 Å². The summed E-state index contributed by atoms with van der Waals surface area (Å²) in [5, 5.41) is 12.2. The molecule has 0 atom stereocenters. The Morgan fingerprint density at radius 1 is 1.19 bits per heavy atom. The zero-order chi connectivity index (χ0) is 22.4. The van der Waals surface area contributed by atoms with E-state index in [1.54, 1.807) is 29.1 Å². The Hall–Kier alpha value is -2.56. The number of primary sulfonamides is 1. The molecule has 0 fully saturated rings. The molecule has 0 aliphatic heterocycles. The molecule has 2 N–H and O–H groups in total. The maximum absolute atomic E-state index is 11.9. The number of carbonyl (C=O) groups excluding carboxylic acids is 1. The number of aromatic nitrogens is 3. The Labute approximate surface area is 186 Å². The molecule has 166 valence electrons. The van der Waals surface area contributed by atoms with Gasteiger partial charge in [-0.05, 0) is 43.0 Å². The number of nitrogens with zero attached hydrogens (tertiary/aromatic N) is 3. The molecule has 0 radical (unpaired) electrons. The summed E-state index contributed by atoms with van der Waals surface area (Å²) in [5.41, 5.74) is 3.23. The van der Waals surface area contributed by atoms with Gasteiger partial charge in [0.05, 0.1) is 17.2 Å². The average Bonchev–Trinajstić information content (AvgIpc) is 3.36. The predicted molar refractivity (Wildman–Crippen MR) is 119 cm³/mol. The number of benzene rings is 1. The molecular weight excluding hydrogens is 436 g/mol. The van der Waals surface area contributed by atoms with Crippen LogP contribution in [-0.4, -0.2) is 35.8 Å². The lowest BCUT2D eigenvalue weighted by atomic mass is 10.0. The molecule has 3 aromatic rings. The molecule has 0 saturated carbocycles. The van der Waals surface area contributed by atoms with E-state index >= 15 is 0 Å². The van der Waals surface area contributed by atoms with Crippen LogP contribution in [0.25, 0.3) is 5.13 Å². The molecule has 31 heavy (non-hydrogen) atoms. The molecule has 0 unspecified atom stereocenters. The second kappa shape index (κ2) is 10.2. The highest BCUT2D eigenvalue weighted by Crippen LogP contribution is 2.22. The minimum absolute atomic E-state index is 0.0874. The van der Waals surface area contributed by atoms with Crippen molar-refractivity contribution >= 4 is 27.3 Å². The molecule has 10 heteroatoms. The van der Waals surface area contributed by atoms with Crippen LogP contribution in [0.4, 0.5) is 0 Å². The quantitative estimate of drug-likeness (QED) is 0.364. The van der Waals surface area contributed by atoms with Gasteiger partial charge < -0.3 is 4.74 Å². The van der Waals surface area contributed by atoms with Gasteiger partial charge in [0, 0.05) is 18.0 Å². The Balaban J connectivity index is 1.86. The van der Waals surface area contributed by atoms with Gasteiger partial charge >= 0.3 is 5.97 Å². The lowest BCUT2D eigenvalue weighted by molar-refractivity contribution is 0.0520. The van der Waals surface area contributed by atoms with Gasteiger partial charge in [0.25, 0.3) is 0 Å². The topological polar surface area (TPSA) is 117 Å². The van der Waals surface area contributed by atoms with Crippen molar-refractivity contribution in [1.82, 2.24) is 14.8 Å². The first-order valence-corrected chi connectivity index (χ1v) is 12.6. The number of thiazole rings is 1. The Kier molecular flexibility index (Phi) is 7.58. The fourth-order valence-corrected chi connectivity index (χ4v) is 4.36. The number of unbranched alkanes of at least 4 members (excludes halogenated alkanes) is 2. The number of carbonyl (C=O) groups is 1. The SMILES string of the molecule is CCCCCc1nn(-c2nc(C(=O)OCC)cs2)cc1Cc1ccc(S(N)(=O)=O)cc1. The third-order valence-electron chi connectivity index (χ3n) is 4.71. The molecule has 0 saturated heterocycles. The Morgan fingerprint density at radius 3 is 2.58 bits per heavy atom. The van der Waals surface area contributed by atoms with Crippen molar-refractivity contribution in [2.75, 3.05) is 6.61 Å². The van der Waals surface area contributed by atoms with Crippen LogP contribution in [0.15, 0.2) is 40.7 Å². The van der Waals surface area contributed by atoms with Crippen LogP contribution < -0.4 is 5.14 Å². The van der Waals surface area contributed by atoms with Crippen molar-refractivity contribution < 1.29 is 17.9 Å². The van der Waals surface area contributed by atoms with Crippen molar-refractivity contribution in [2.24, 2.45) is 5.14 Å². The Bertz CT molecular complexity index is 1130. The van der Waals surface area contributed by atoms with Gasteiger partial charge in [0.15, 0.2) is 5.69 Å². The second-order valence-electron chi connectivity index (χ2n) is 7.10. The number of hydrogen-bond donors (Lipinski definition) is 1. The van der Waals surface area contributed by atoms with E-state index < -0.39 is 16.0 Å². The van der Waals surface area contributed by atoms with Crippen LogP contribution in [0.1, 0.15) is 60.4 Å². The van der Waals surface area contributed by atoms with Crippen LogP contribution >= 0.6 is 11.3 Å². The zero-order valence-corrected chi connectivity index (χ0v) is 19.2. The third kappa shape index (κ3) is 5.99. The summed E-state index contributed by atoms with van der Waals surface area (Å²) in [6.07, 6.45) is 6.60. The van der Waals surface area contributed by atoms with Crippen LogP contribution in [0, 0.1) is 0 Å². The maximum atomic E-state index is 11.9. The van der Waals surface area contributed by atoms with Gasteiger partial charge in [0.1, 0.15) is 0 Å². The summed E-state index contributed by atoms with van der Waals surface area (Å²) >= 11 is 1.33. The summed E-state index contributed by atoms with van der Waals surface area (Å²) in [4.78, 5) is 16.4. The average molecular weight is 463 g/mol. The Morgan fingerprint density at radius 2 is 1.94 bits per heavy atom. The summed E-state index contributed by atoms with van der Waals surface area (Å²) in [6, 6.07) is 6.54. The molecule has 0 amide bonds. The molecular formula is C21H26N4O4S2. The first-order valence-electron chi connectivity index (χ1n) is 10.1. The summed E-state index contributed by atoms with van der Waals surface area (Å²) in [6.45, 7) is 4.20. The zero-order valence-electron chi connectivity index (χ0n) is 17.6. The minimum atomic E-state index is -3.72. The normalized spacial score (nSPS) is 11.6. The summed E-state index contributed by atoms with van der Waals surface area (Å²) in [7, 11) is -3.72. The van der Waals surface area contributed by atoms with E-state index in [0.717, 1.165) is 42.5 Å². The van der Waals surface area contributed by atoms with E-state index in [9.17, 15) is 13.2 Å². The number of sulfonamides is 1. The van der Waals surface area contributed by atoms with Crippen molar-refractivity contribution in [3.8, 4) is 5.13 Å². The number of hydrogen-bond acceptors (Lipinski definition) is 7. The molecule has 0 aliphatic rings. The molecule has 2 aromatic heterocycles. The number of ether oxygens (including phenoxy) is 1. The predicted octanol–water partition coefficient (Wildman–Crippen LogP) is 3.48. The van der Waals surface area contributed by atoms with Crippen LogP contribution in [0.5, 0.6) is 0 Å². The van der Waals surface area contributed by atoms with Gasteiger partial charge in [-0.2, -0.15) is 5.10 Å². The van der Waals surface area contributed by atoms with Gasteiger partial charge in [-0.15, -0.1) is 11.3 Å². The second-order valence-corrected chi connectivity index (χ2v) is 9.50. The standard InChI is InChI=1S/C21H26N4O4S2/c1-3-5-6-7-18-16(12-15-8-10-17(11-9-15)31(22,27)28)13-25(24-18)21-23-19(14-30-21)20(26)29-4-2/h8-11,13-14H,3-7,12H2,1-2H3,(H2,22,27,28). The fraction of sp³-hybridized carbons (Fsp3) is 0.381. The molecule has 0 spiro atoms. The van der Waals surface area contributed by atoms with Gasteiger partial charge in [-0.1, -0.05) is 31.9 Å².